The topological polar surface area (TPSA) is 75.2 Å². The molecule has 0 amide bonds. The van der Waals surface area contributed by atoms with Gasteiger partial charge in [0.25, 0.3) is 0 Å². The van der Waals surface area contributed by atoms with Crippen molar-refractivity contribution in [2.75, 3.05) is 19.5 Å². The molecule has 1 aromatic heterocycles. The van der Waals surface area contributed by atoms with E-state index in [2.05, 4.69) is 29.7 Å². The van der Waals surface area contributed by atoms with Crippen molar-refractivity contribution in [1.82, 2.24) is 14.8 Å². The molecule has 2 rings (SSSR count). The Morgan fingerprint density at radius 1 is 1.27 bits per heavy atom. The quantitative estimate of drug-likeness (QED) is 0.482. The lowest BCUT2D eigenvalue weighted by atomic mass is 10.1. The van der Waals surface area contributed by atoms with Gasteiger partial charge < -0.3 is 15.2 Å². The van der Waals surface area contributed by atoms with Crippen LogP contribution in [0.1, 0.15) is 0 Å². The number of hydrogen-bond acceptors (Lipinski definition) is 5. The van der Waals surface area contributed by atoms with E-state index in [-0.39, 0.29) is 0 Å². The molecule has 6 nitrogen and oxygen atoms in total. The van der Waals surface area contributed by atoms with Gasteiger partial charge in [-0.1, -0.05) is 25.7 Å². The molecule has 0 radical (unpaired) electrons. The molecule has 0 spiro atoms. The zero-order valence-corrected chi connectivity index (χ0v) is 14.7. The summed E-state index contributed by atoms with van der Waals surface area (Å²) in [6.07, 6.45) is 1.66. The van der Waals surface area contributed by atoms with E-state index in [1.165, 1.54) is 0 Å². The summed E-state index contributed by atoms with van der Waals surface area (Å²) in [6.45, 7) is 8.15. The Morgan fingerprint density at radius 2 is 2.05 bits per heavy atom. The Bertz CT molecular complexity index is 622. The van der Waals surface area contributed by atoms with Gasteiger partial charge in [0.05, 0.1) is 18.4 Å². The fraction of sp³-hybridized carbons (Fsp3) is 0.467. The molecule has 1 aromatic carbocycles. The van der Waals surface area contributed by atoms with E-state index in [0.717, 1.165) is 18.2 Å². The first-order valence-corrected chi connectivity index (χ1v) is 11.0. The molecule has 0 saturated carbocycles. The SMILES string of the molecule is COc1c(N)cccc1-c1ncn(COCC[Si](C)(C)C)n1. The first-order chi connectivity index (χ1) is 10.4. The van der Waals surface area contributed by atoms with Crippen molar-refractivity contribution < 1.29 is 9.47 Å². The first kappa shape index (κ1) is 16.5. The van der Waals surface area contributed by atoms with Gasteiger partial charge >= 0.3 is 0 Å². The van der Waals surface area contributed by atoms with Gasteiger partial charge in [-0.3, -0.25) is 0 Å². The molecule has 2 N–H and O–H groups in total. The number of aromatic nitrogens is 3. The largest absolute Gasteiger partial charge is 0.494 e. The number of anilines is 1. The van der Waals surface area contributed by atoms with Crippen LogP contribution in [0.4, 0.5) is 5.69 Å². The summed E-state index contributed by atoms with van der Waals surface area (Å²) >= 11 is 0. The highest BCUT2D eigenvalue weighted by molar-refractivity contribution is 6.76. The van der Waals surface area contributed by atoms with Gasteiger partial charge in [-0.25, -0.2) is 9.67 Å². The Kier molecular flexibility index (Phi) is 5.20. The molecule has 0 bridgehead atoms. The third-order valence-electron chi connectivity index (χ3n) is 3.25. The third-order valence-corrected chi connectivity index (χ3v) is 4.95. The molecule has 120 valence electrons. The van der Waals surface area contributed by atoms with Crippen LogP contribution in [0.15, 0.2) is 24.5 Å². The van der Waals surface area contributed by atoms with Crippen molar-refractivity contribution in [3.63, 3.8) is 0 Å². The zero-order valence-electron chi connectivity index (χ0n) is 13.7. The summed E-state index contributed by atoms with van der Waals surface area (Å²) in [7, 11) is 0.527. The molecule has 0 unspecified atom stereocenters. The third kappa shape index (κ3) is 4.31. The molecule has 0 fully saturated rings. The van der Waals surface area contributed by atoms with Crippen LogP contribution in [0.5, 0.6) is 5.75 Å². The van der Waals surface area contributed by atoms with Crippen molar-refractivity contribution >= 4 is 13.8 Å². The molecule has 7 heteroatoms. The van der Waals surface area contributed by atoms with Gasteiger partial charge in [0.1, 0.15) is 13.1 Å². The Balaban J connectivity index is 2.01. The number of hydrogen-bond donors (Lipinski definition) is 1. The number of benzene rings is 1. The monoisotopic (exact) mass is 320 g/mol. The molecule has 1 heterocycles. The van der Waals surface area contributed by atoms with E-state index >= 15 is 0 Å². The molecule has 0 aliphatic heterocycles. The smallest absolute Gasteiger partial charge is 0.185 e. The summed E-state index contributed by atoms with van der Waals surface area (Å²) in [5.41, 5.74) is 7.26. The van der Waals surface area contributed by atoms with Crippen LogP contribution in [-0.2, 0) is 11.5 Å². The second-order valence-corrected chi connectivity index (χ2v) is 12.0. The number of nitrogens with zero attached hydrogens (tertiary/aromatic N) is 3. The second kappa shape index (κ2) is 6.93. The summed E-state index contributed by atoms with van der Waals surface area (Å²) < 4.78 is 12.7. The summed E-state index contributed by atoms with van der Waals surface area (Å²) in [6, 6.07) is 6.68. The average molecular weight is 320 g/mol. The van der Waals surface area contributed by atoms with Crippen LogP contribution >= 0.6 is 0 Å². The molecular formula is C15H24N4O2Si. The fourth-order valence-corrected chi connectivity index (χ4v) is 2.73. The number of nitrogen functional groups attached to an aromatic ring is 1. The van der Waals surface area contributed by atoms with E-state index < -0.39 is 8.07 Å². The van der Waals surface area contributed by atoms with Crippen LogP contribution in [0.3, 0.4) is 0 Å². The van der Waals surface area contributed by atoms with Gasteiger partial charge in [0, 0.05) is 14.7 Å². The molecule has 2 aromatic rings. The van der Waals surface area contributed by atoms with Gasteiger partial charge in [-0.05, 0) is 18.2 Å². The molecule has 0 atom stereocenters. The van der Waals surface area contributed by atoms with Gasteiger partial charge in [-0.2, -0.15) is 0 Å². The van der Waals surface area contributed by atoms with Gasteiger partial charge in [0.2, 0.25) is 0 Å². The Hall–Kier alpha value is -1.86. The van der Waals surface area contributed by atoms with Crippen LogP contribution in [0.2, 0.25) is 25.7 Å². The minimum absolute atomic E-state index is 0.405. The summed E-state index contributed by atoms with van der Waals surface area (Å²) in [5, 5.41) is 4.42. The summed E-state index contributed by atoms with van der Waals surface area (Å²) in [4.78, 5) is 4.31. The lowest BCUT2D eigenvalue weighted by Crippen LogP contribution is -2.22. The standard InChI is InChI=1S/C15H24N4O2Si/c1-20-14-12(6-5-7-13(14)16)15-17-10-19(18-15)11-21-8-9-22(2,3)4/h5-7,10H,8-9,11,16H2,1-4H3. The van der Waals surface area contributed by atoms with Crippen molar-refractivity contribution in [1.29, 1.82) is 0 Å². The van der Waals surface area contributed by atoms with Crippen molar-refractivity contribution in [3.8, 4) is 17.1 Å². The fourth-order valence-electron chi connectivity index (χ4n) is 1.98. The van der Waals surface area contributed by atoms with Crippen molar-refractivity contribution in [2.45, 2.75) is 32.4 Å². The Morgan fingerprint density at radius 3 is 2.73 bits per heavy atom. The lowest BCUT2D eigenvalue weighted by molar-refractivity contribution is 0.0785. The highest BCUT2D eigenvalue weighted by Gasteiger charge is 2.14. The average Bonchev–Trinajstić information content (AvgIpc) is 2.91. The van der Waals surface area contributed by atoms with E-state index in [9.17, 15) is 0 Å². The van der Waals surface area contributed by atoms with Crippen LogP contribution < -0.4 is 10.5 Å². The van der Waals surface area contributed by atoms with E-state index in [1.54, 1.807) is 24.2 Å². The second-order valence-electron chi connectivity index (χ2n) is 6.38. The highest BCUT2D eigenvalue weighted by Crippen LogP contribution is 2.32. The summed E-state index contributed by atoms with van der Waals surface area (Å²) in [5.74, 6) is 1.18. The van der Waals surface area contributed by atoms with Crippen LogP contribution in [-0.4, -0.2) is 36.6 Å². The van der Waals surface area contributed by atoms with Crippen LogP contribution in [0.25, 0.3) is 11.4 Å². The predicted molar refractivity (Wildman–Crippen MR) is 90.5 cm³/mol. The minimum atomic E-state index is -1.06. The first-order valence-electron chi connectivity index (χ1n) is 7.31. The van der Waals surface area contributed by atoms with Crippen molar-refractivity contribution in [2.24, 2.45) is 0 Å². The number of methoxy groups -OCH3 is 1. The maximum absolute atomic E-state index is 5.91. The normalized spacial score (nSPS) is 11.6. The molecular weight excluding hydrogens is 296 g/mol. The number of ether oxygens (including phenoxy) is 2. The van der Waals surface area contributed by atoms with E-state index in [1.807, 2.05) is 12.1 Å². The number of nitrogens with two attached hydrogens (primary N) is 1. The predicted octanol–water partition coefficient (Wildman–Crippen LogP) is 2.85. The van der Waals surface area contributed by atoms with Gasteiger partial charge in [0.15, 0.2) is 11.6 Å². The number of para-hydroxylation sites is 1. The van der Waals surface area contributed by atoms with E-state index in [4.69, 9.17) is 15.2 Å². The van der Waals surface area contributed by atoms with Gasteiger partial charge in [-0.15, -0.1) is 5.10 Å². The maximum Gasteiger partial charge on any atom is 0.185 e. The minimum Gasteiger partial charge on any atom is -0.494 e. The maximum atomic E-state index is 5.91. The molecule has 22 heavy (non-hydrogen) atoms. The Labute approximate surface area is 132 Å². The zero-order chi connectivity index (χ0) is 16.2. The molecule has 0 saturated heterocycles. The van der Waals surface area contributed by atoms with Crippen LogP contribution in [0, 0.1) is 0 Å². The number of rotatable bonds is 7. The van der Waals surface area contributed by atoms with Crippen molar-refractivity contribution in [3.05, 3.63) is 24.5 Å². The lowest BCUT2D eigenvalue weighted by Gasteiger charge is -2.15. The highest BCUT2D eigenvalue weighted by atomic mass is 28.3. The van der Waals surface area contributed by atoms with E-state index in [0.29, 0.717) is 24.0 Å². The molecule has 0 aliphatic rings. The molecule has 0 aliphatic carbocycles.